The van der Waals surface area contributed by atoms with Crippen molar-refractivity contribution in [3.05, 3.63) is 41.7 Å². The molecule has 5 aromatic rings. The molecule has 0 aromatic carbocycles. The zero-order valence-corrected chi connectivity index (χ0v) is 26.9. The minimum absolute atomic E-state index is 0.0413. The van der Waals surface area contributed by atoms with Gasteiger partial charge in [0.15, 0.2) is 23.2 Å². The van der Waals surface area contributed by atoms with Gasteiger partial charge in [0, 0.05) is 24.4 Å². The summed E-state index contributed by atoms with van der Waals surface area (Å²) in [5, 5.41) is 11.3. The molecule has 0 radical (unpaired) electrons. The van der Waals surface area contributed by atoms with Crippen molar-refractivity contribution in [2.45, 2.75) is 37.0 Å². The third kappa shape index (κ3) is 5.10. The molecule has 2 saturated heterocycles. The van der Waals surface area contributed by atoms with Crippen LogP contribution in [0.3, 0.4) is 0 Å². The van der Waals surface area contributed by atoms with Crippen molar-refractivity contribution in [2.75, 3.05) is 25.6 Å². The summed E-state index contributed by atoms with van der Waals surface area (Å²) >= 11 is 9.51. The summed E-state index contributed by atoms with van der Waals surface area (Å²) in [6.07, 6.45) is 2.58. The number of aromatic amines is 1. The quantitative estimate of drug-likeness (QED) is 0.126. The highest BCUT2D eigenvalue weighted by Gasteiger charge is 2.51. The molecule has 19 nitrogen and oxygen atoms in total. The first-order chi connectivity index (χ1) is 22.0. The molecule has 0 spiro atoms. The van der Waals surface area contributed by atoms with Crippen LogP contribution in [0.25, 0.3) is 28.1 Å². The van der Waals surface area contributed by atoms with E-state index >= 15 is 0 Å². The largest absolute Gasteiger partial charge is 0.387 e. The van der Waals surface area contributed by atoms with Crippen molar-refractivity contribution in [2.24, 2.45) is 11.8 Å². The van der Waals surface area contributed by atoms with Crippen molar-refractivity contribution in [1.82, 2.24) is 43.4 Å². The normalized spacial score (nSPS) is 35.7. The van der Waals surface area contributed by atoms with Crippen molar-refractivity contribution < 1.29 is 37.4 Å². The van der Waals surface area contributed by atoms with E-state index in [9.17, 15) is 19.4 Å². The first-order valence-electron chi connectivity index (χ1n) is 14.0. The maximum absolute atomic E-state index is 13.6. The molecule has 3 fully saturated rings. The van der Waals surface area contributed by atoms with Gasteiger partial charge in [-0.25, -0.2) is 33.9 Å². The van der Waals surface area contributed by atoms with Crippen LogP contribution < -0.4 is 11.3 Å². The minimum atomic E-state index is -4.13. The molecule has 5 N–H and O–H groups in total. The zero-order valence-electron chi connectivity index (χ0n) is 23.4. The molecule has 46 heavy (non-hydrogen) atoms. The SMILES string of the molecule is Nc1ncnc2c1ncn2[C@@H]1CC2COP(=O)(S)O[C@H]3C(n4cnc5c(=O)n6ccnc6[nH]c54)O[C@H](COP(O)(=S)OC[C@H]21)[C@H]3O. The number of hydrogen-bond acceptors (Lipinski definition) is 15. The molecule has 8 rings (SSSR count). The van der Waals surface area contributed by atoms with Gasteiger partial charge in [-0.1, -0.05) is 12.2 Å². The fraction of sp³-hybridized carbons (Fsp3) is 0.478. The van der Waals surface area contributed by atoms with Crippen molar-refractivity contribution >= 4 is 71.5 Å². The molecule has 244 valence electrons. The van der Waals surface area contributed by atoms with Crippen LogP contribution in [0.5, 0.6) is 0 Å². The van der Waals surface area contributed by atoms with Gasteiger partial charge < -0.3 is 43.6 Å². The topological polar surface area (TPSA) is 241 Å². The molecule has 0 amide bonds. The maximum Gasteiger partial charge on any atom is 0.386 e. The van der Waals surface area contributed by atoms with E-state index in [2.05, 4.69) is 42.2 Å². The lowest BCUT2D eigenvalue weighted by molar-refractivity contribution is -0.0474. The summed E-state index contributed by atoms with van der Waals surface area (Å²) < 4.78 is 47.2. The lowest BCUT2D eigenvalue weighted by Gasteiger charge is -2.45. The molecule has 7 heterocycles. The highest BCUT2D eigenvalue weighted by molar-refractivity contribution is 8.44. The molecule has 23 heteroatoms. The molecule has 9 atom stereocenters. The van der Waals surface area contributed by atoms with Gasteiger partial charge in [-0.05, 0) is 24.1 Å². The number of nitrogens with one attached hydrogen (secondary N) is 1. The van der Waals surface area contributed by atoms with E-state index in [1.807, 2.05) is 4.57 Å². The van der Waals surface area contributed by atoms with Crippen LogP contribution in [0.1, 0.15) is 18.7 Å². The number of rotatable bonds is 2. The zero-order chi connectivity index (χ0) is 32.0. The van der Waals surface area contributed by atoms with E-state index in [1.165, 1.54) is 34.0 Å². The molecule has 5 aromatic heterocycles. The Morgan fingerprint density at radius 3 is 2.70 bits per heavy atom. The molecular weight excluding hydrogens is 686 g/mol. The molecular formula is C23H26N10O9P2S2. The number of anilines is 1. The number of ether oxygens (including phenoxy) is 1. The van der Waals surface area contributed by atoms with Gasteiger partial charge in [0.2, 0.25) is 5.78 Å². The summed E-state index contributed by atoms with van der Waals surface area (Å²) in [6, 6.07) is -0.208. The van der Waals surface area contributed by atoms with Gasteiger partial charge in [0.1, 0.15) is 35.8 Å². The van der Waals surface area contributed by atoms with E-state index < -0.39 is 50.2 Å². The van der Waals surface area contributed by atoms with Crippen LogP contribution in [0.2, 0.25) is 0 Å². The molecule has 2 bridgehead atoms. The first kappa shape index (κ1) is 30.5. The highest BCUT2D eigenvalue weighted by atomic mass is 32.7. The molecule has 3 aliphatic rings. The Bertz CT molecular complexity index is 2140. The molecule has 4 unspecified atom stereocenters. The highest BCUT2D eigenvalue weighted by Crippen LogP contribution is 2.59. The minimum Gasteiger partial charge on any atom is -0.387 e. The second kappa shape index (κ2) is 11.1. The predicted octanol–water partition coefficient (Wildman–Crippen LogP) is 0.933. The van der Waals surface area contributed by atoms with E-state index in [1.54, 1.807) is 6.33 Å². The first-order valence-corrected chi connectivity index (χ1v) is 19.2. The number of H-pyrrole nitrogens is 1. The number of aliphatic hydroxyl groups is 1. The smallest absolute Gasteiger partial charge is 0.386 e. The van der Waals surface area contributed by atoms with Gasteiger partial charge in [0.25, 0.3) is 5.56 Å². The Balaban J connectivity index is 1.10. The number of aliphatic hydroxyl groups excluding tert-OH is 1. The average molecular weight is 713 g/mol. The van der Waals surface area contributed by atoms with Crippen LogP contribution >= 0.6 is 25.8 Å². The standard InChI is InChI=1S/C23H26N10O9P2S2/c24-18-14-19(27-7-26-18)32(8-28-14)12-3-10-4-38-44(37,46)42-17-16(34)13(6-40-43(36,45)39-5-11(10)12)41-22(17)33-9-29-15-20(33)30-23-25-1-2-31(23)21(15)35/h1-2,7-13,16-17,22,34H,3-6H2,(H,25,30)(H,36,45)(H,37,46)(H2,24,26,27)/t10?,11-,12-,13-,16-,17-,22?,43?,44?/m1/s1. The summed E-state index contributed by atoms with van der Waals surface area (Å²) in [5.74, 6) is -0.0675. The van der Waals surface area contributed by atoms with Gasteiger partial charge in [-0.3, -0.25) is 13.9 Å². The van der Waals surface area contributed by atoms with Crippen LogP contribution in [0, 0.1) is 11.8 Å². The molecule has 1 aliphatic carbocycles. The van der Waals surface area contributed by atoms with Gasteiger partial charge in [0.05, 0.1) is 32.5 Å². The summed E-state index contributed by atoms with van der Waals surface area (Å²) in [5.41, 5.74) is 6.76. The lowest BCUT2D eigenvalue weighted by Crippen LogP contribution is -2.43. The number of aromatic nitrogens is 9. The van der Waals surface area contributed by atoms with Crippen molar-refractivity contribution in [3.63, 3.8) is 0 Å². The number of nitrogens with two attached hydrogens (primary N) is 1. The van der Waals surface area contributed by atoms with Gasteiger partial charge >= 0.3 is 13.5 Å². The predicted molar refractivity (Wildman–Crippen MR) is 165 cm³/mol. The van der Waals surface area contributed by atoms with Crippen molar-refractivity contribution in [1.29, 1.82) is 0 Å². The van der Waals surface area contributed by atoms with Crippen LogP contribution in [0.4, 0.5) is 5.82 Å². The fourth-order valence-electron chi connectivity index (χ4n) is 6.22. The van der Waals surface area contributed by atoms with E-state index in [0.29, 0.717) is 17.6 Å². The second-order valence-corrected chi connectivity index (χ2v) is 16.9. The Kier molecular flexibility index (Phi) is 7.39. The average Bonchev–Trinajstić information content (AvgIpc) is 3.79. The number of fused-ring (bicyclic) bond motifs is 6. The molecule has 2 aliphatic heterocycles. The third-order valence-electron chi connectivity index (χ3n) is 8.60. The van der Waals surface area contributed by atoms with E-state index in [0.717, 1.165) is 0 Å². The Morgan fingerprint density at radius 2 is 1.85 bits per heavy atom. The van der Waals surface area contributed by atoms with E-state index in [4.69, 9.17) is 40.4 Å². The van der Waals surface area contributed by atoms with Crippen molar-refractivity contribution in [3.8, 4) is 0 Å². The summed E-state index contributed by atoms with van der Waals surface area (Å²) in [6.45, 7) is -8.49. The third-order valence-corrected chi connectivity index (χ3v) is 11.8. The molecule has 1 saturated carbocycles. The van der Waals surface area contributed by atoms with Gasteiger partial charge in [-0.2, -0.15) is 0 Å². The summed E-state index contributed by atoms with van der Waals surface area (Å²) in [4.78, 5) is 47.9. The Morgan fingerprint density at radius 1 is 1.07 bits per heavy atom. The lowest BCUT2D eigenvalue weighted by atomic mass is 9.70. The number of hydrogen-bond donors (Lipinski definition) is 5. The monoisotopic (exact) mass is 712 g/mol. The number of imidazole rings is 3. The van der Waals surface area contributed by atoms with E-state index in [-0.39, 0.29) is 53.9 Å². The Labute approximate surface area is 268 Å². The maximum atomic E-state index is 13.6. The number of thiol groups is 1. The number of nitrogen functional groups attached to an aromatic ring is 1. The summed E-state index contributed by atoms with van der Waals surface area (Å²) in [7, 11) is 0. The number of nitrogens with zero attached hydrogens (tertiary/aromatic N) is 8. The fourth-order valence-corrected chi connectivity index (χ4v) is 8.86. The second-order valence-electron chi connectivity index (χ2n) is 11.2. The van der Waals surface area contributed by atoms with Crippen LogP contribution in [-0.4, -0.2) is 91.6 Å². The van der Waals surface area contributed by atoms with Crippen LogP contribution in [0.15, 0.2) is 36.2 Å². The van der Waals surface area contributed by atoms with Gasteiger partial charge in [-0.15, -0.1) is 0 Å². The van der Waals surface area contributed by atoms with Crippen LogP contribution in [-0.2, 0) is 39.2 Å². The Hall–Kier alpha value is -2.81.